The molecule has 1 amide bonds. The maximum absolute atomic E-state index is 12.1. The lowest BCUT2D eigenvalue weighted by molar-refractivity contribution is 0.102. The lowest BCUT2D eigenvalue weighted by atomic mass is 10.2. The molecule has 0 spiro atoms. The van der Waals surface area contributed by atoms with Gasteiger partial charge in [0, 0.05) is 15.7 Å². The largest absolute Gasteiger partial charge is 0.383 e. The summed E-state index contributed by atoms with van der Waals surface area (Å²) in [6, 6.07) is 6.37. The Balaban J connectivity index is 2.28. The molecule has 1 aromatic carbocycles. The second-order valence-electron chi connectivity index (χ2n) is 3.66. The van der Waals surface area contributed by atoms with E-state index in [1.54, 1.807) is 24.3 Å². The first-order valence-electron chi connectivity index (χ1n) is 5.15. The van der Waals surface area contributed by atoms with Gasteiger partial charge in [0.2, 0.25) is 0 Å². The Morgan fingerprint density at radius 2 is 2.05 bits per heavy atom. The molecule has 2 aromatic rings. The maximum Gasteiger partial charge on any atom is 0.259 e. The summed E-state index contributed by atoms with van der Waals surface area (Å²) < 4.78 is 0.661. The quantitative estimate of drug-likeness (QED) is 0.850. The predicted molar refractivity (Wildman–Crippen MR) is 80.8 cm³/mol. The van der Waals surface area contributed by atoms with E-state index in [1.165, 1.54) is 6.20 Å². The van der Waals surface area contributed by atoms with Gasteiger partial charge < -0.3 is 11.1 Å². The molecule has 3 N–H and O–H groups in total. The lowest BCUT2D eigenvalue weighted by Crippen LogP contribution is -2.15. The van der Waals surface area contributed by atoms with E-state index in [0.29, 0.717) is 20.2 Å². The van der Waals surface area contributed by atoms with Gasteiger partial charge in [0.25, 0.3) is 5.91 Å². The molecular weight excluding hydrogens is 353 g/mol. The van der Waals surface area contributed by atoms with Crippen molar-refractivity contribution in [3.8, 4) is 0 Å². The summed E-state index contributed by atoms with van der Waals surface area (Å²) in [4.78, 5) is 16.0. The Hall–Kier alpha value is -1.30. The smallest absolute Gasteiger partial charge is 0.259 e. The first-order chi connectivity index (χ1) is 8.97. The number of halogens is 3. The van der Waals surface area contributed by atoms with Crippen LogP contribution >= 0.6 is 39.1 Å². The van der Waals surface area contributed by atoms with E-state index in [1.807, 2.05) is 0 Å². The van der Waals surface area contributed by atoms with Crippen LogP contribution in [0.1, 0.15) is 10.4 Å². The number of pyridine rings is 1. The standard InChI is InChI=1S/C12H8BrCl2N3O/c13-6-3-8(11(16)17-5-6)12(19)18-10-2-1-7(14)4-9(10)15/h1-5H,(H2,16,17)(H,18,19). The van der Waals surface area contributed by atoms with E-state index in [2.05, 4.69) is 26.2 Å². The summed E-state index contributed by atoms with van der Waals surface area (Å²) in [5, 5.41) is 3.49. The average Bonchev–Trinajstić information content (AvgIpc) is 2.35. The van der Waals surface area contributed by atoms with Crippen LogP contribution in [-0.4, -0.2) is 10.9 Å². The predicted octanol–water partition coefficient (Wildman–Crippen LogP) is 3.99. The Labute approximate surface area is 128 Å². The van der Waals surface area contributed by atoms with Crippen LogP contribution in [-0.2, 0) is 0 Å². The second-order valence-corrected chi connectivity index (χ2v) is 5.42. The number of amides is 1. The van der Waals surface area contributed by atoms with Gasteiger partial charge in [-0.2, -0.15) is 0 Å². The van der Waals surface area contributed by atoms with Gasteiger partial charge in [-0.3, -0.25) is 4.79 Å². The van der Waals surface area contributed by atoms with E-state index >= 15 is 0 Å². The molecule has 0 radical (unpaired) electrons. The van der Waals surface area contributed by atoms with Gasteiger partial charge in [-0.05, 0) is 40.2 Å². The zero-order valence-electron chi connectivity index (χ0n) is 9.45. The fourth-order valence-corrected chi connectivity index (χ4v) is 2.20. The number of nitrogens with one attached hydrogen (secondary N) is 1. The highest BCUT2D eigenvalue weighted by Gasteiger charge is 2.13. The summed E-state index contributed by atoms with van der Waals surface area (Å²) >= 11 is 15.0. The van der Waals surface area contributed by atoms with Gasteiger partial charge in [0.1, 0.15) is 5.82 Å². The van der Waals surface area contributed by atoms with Gasteiger partial charge >= 0.3 is 0 Å². The van der Waals surface area contributed by atoms with Crippen molar-refractivity contribution < 1.29 is 4.79 Å². The van der Waals surface area contributed by atoms with Crippen molar-refractivity contribution in [2.75, 3.05) is 11.1 Å². The molecule has 98 valence electrons. The zero-order valence-corrected chi connectivity index (χ0v) is 12.6. The third kappa shape index (κ3) is 3.37. The Kier molecular flexibility index (Phi) is 4.29. The van der Waals surface area contributed by atoms with Crippen LogP contribution < -0.4 is 11.1 Å². The van der Waals surface area contributed by atoms with Crippen molar-refractivity contribution in [2.45, 2.75) is 0 Å². The molecule has 0 bridgehead atoms. The molecule has 0 saturated carbocycles. The van der Waals surface area contributed by atoms with Crippen LogP contribution in [0, 0.1) is 0 Å². The number of anilines is 2. The maximum atomic E-state index is 12.1. The van der Waals surface area contributed by atoms with Gasteiger partial charge in [-0.1, -0.05) is 23.2 Å². The molecule has 0 unspecified atom stereocenters. The Morgan fingerprint density at radius 1 is 1.32 bits per heavy atom. The van der Waals surface area contributed by atoms with Gasteiger partial charge in [-0.15, -0.1) is 0 Å². The number of nitrogens with zero attached hydrogens (tertiary/aromatic N) is 1. The Bertz CT molecular complexity index is 649. The summed E-state index contributed by atoms with van der Waals surface area (Å²) in [7, 11) is 0. The SMILES string of the molecule is Nc1ncc(Br)cc1C(=O)Nc1ccc(Cl)cc1Cl. The number of hydrogen-bond donors (Lipinski definition) is 2. The van der Waals surface area contributed by atoms with E-state index in [-0.39, 0.29) is 11.4 Å². The average molecular weight is 361 g/mol. The third-order valence-corrected chi connectivity index (χ3v) is 3.29. The van der Waals surface area contributed by atoms with Crippen LogP contribution in [0.15, 0.2) is 34.9 Å². The molecule has 19 heavy (non-hydrogen) atoms. The molecule has 0 aliphatic heterocycles. The molecule has 4 nitrogen and oxygen atoms in total. The van der Waals surface area contributed by atoms with Crippen molar-refractivity contribution in [3.05, 3.63) is 50.5 Å². The summed E-state index contributed by atoms with van der Waals surface area (Å²) in [5.74, 6) is -0.249. The van der Waals surface area contributed by atoms with Crippen molar-refractivity contribution in [1.29, 1.82) is 0 Å². The molecule has 0 aliphatic rings. The first-order valence-corrected chi connectivity index (χ1v) is 6.69. The third-order valence-electron chi connectivity index (χ3n) is 2.31. The van der Waals surface area contributed by atoms with Gasteiger partial charge in [0.15, 0.2) is 0 Å². The van der Waals surface area contributed by atoms with Crippen LogP contribution in [0.3, 0.4) is 0 Å². The minimum atomic E-state index is -0.393. The van der Waals surface area contributed by atoms with Crippen LogP contribution in [0.2, 0.25) is 10.0 Å². The van der Waals surface area contributed by atoms with Gasteiger partial charge in [0.05, 0.1) is 16.3 Å². The lowest BCUT2D eigenvalue weighted by Gasteiger charge is -2.09. The molecule has 0 aliphatic carbocycles. The number of carbonyl (C=O) groups excluding carboxylic acids is 1. The summed E-state index contributed by atoms with van der Waals surface area (Å²) in [6.07, 6.45) is 1.52. The zero-order chi connectivity index (χ0) is 14.0. The number of nitrogens with two attached hydrogens (primary N) is 1. The van der Waals surface area contributed by atoms with E-state index in [9.17, 15) is 4.79 Å². The van der Waals surface area contributed by atoms with Crippen molar-refractivity contribution in [1.82, 2.24) is 4.98 Å². The number of rotatable bonds is 2. The molecule has 1 aromatic heterocycles. The van der Waals surface area contributed by atoms with Crippen molar-refractivity contribution in [3.63, 3.8) is 0 Å². The molecule has 0 fully saturated rings. The first kappa shape index (κ1) is 14.1. The number of aromatic nitrogens is 1. The monoisotopic (exact) mass is 359 g/mol. The van der Waals surface area contributed by atoms with Crippen LogP contribution in [0.5, 0.6) is 0 Å². The fourth-order valence-electron chi connectivity index (χ4n) is 1.41. The molecule has 2 rings (SSSR count). The second kappa shape index (κ2) is 5.77. The normalized spacial score (nSPS) is 10.3. The minimum Gasteiger partial charge on any atom is -0.383 e. The molecule has 0 saturated heterocycles. The highest BCUT2D eigenvalue weighted by Crippen LogP contribution is 2.26. The summed E-state index contributed by atoms with van der Waals surface area (Å²) in [5.41, 5.74) is 6.38. The topological polar surface area (TPSA) is 68.0 Å². The van der Waals surface area contributed by atoms with Crippen LogP contribution in [0.25, 0.3) is 0 Å². The van der Waals surface area contributed by atoms with Gasteiger partial charge in [-0.25, -0.2) is 4.98 Å². The molecule has 7 heteroatoms. The minimum absolute atomic E-state index is 0.144. The molecule has 0 atom stereocenters. The van der Waals surface area contributed by atoms with E-state index in [0.717, 1.165) is 0 Å². The van der Waals surface area contributed by atoms with E-state index in [4.69, 9.17) is 28.9 Å². The number of carbonyl (C=O) groups is 1. The van der Waals surface area contributed by atoms with Crippen LogP contribution in [0.4, 0.5) is 11.5 Å². The van der Waals surface area contributed by atoms with Crippen molar-refractivity contribution in [2.24, 2.45) is 0 Å². The summed E-state index contributed by atoms with van der Waals surface area (Å²) in [6.45, 7) is 0. The number of nitrogen functional groups attached to an aromatic ring is 1. The highest BCUT2D eigenvalue weighted by atomic mass is 79.9. The van der Waals surface area contributed by atoms with E-state index < -0.39 is 5.91 Å². The van der Waals surface area contributed by atoms with Crippen molar-refractivity contribution >= 4 is 56.5 Å². The highest BCUT2D eigenvalue weighted by molar-refractivity contribution is 9.10. The fraction of sp³-hybridized carbons (Fsp3) is 0. The molecular formula is C12H8BrCl2N3O. The Morgan fingerprint density at radius 3 is 2.74 bits per heavy atom. The molecule has 1 heterocycles. The number of benzene rings is 1. The number of hydrogen-bond acceptors (Lipinski definition) is 3.